The Bertz CT molecular complexity index is 1310. The van der Waals surface area contributed by atoms with Crippen molar-refractivity contribution < 1.29 is 32.2 Å². The third-order valence-corrected chi connectivity index (χ3v) is 7.04. The zero-order valence-electron chi connectivity index (χ0n) is 18.4. The lowest BCUT2D eigenvalue weighted by Crippen LogP contribution is -2.48. The number of ether oxygens (including phenoxy) is 3. The van der Waals surface area contributed by atoms with E-state index in [-0.39, 0.29) is 17.2 Å². The fraction of sp³-hybridized carbons (Fsp3) is 0.167. The molecule has 0 unspecified atom stereocenters. The van der Waals surface area contributed by atoms with Gasteiger partial charge in [-0.1, -0.05) is 12.1 Å². The van der Waals surface area contributed by atoms with Crippen molar-refractivity contribution in [2.45, 2.75) is 11.0 Å². The molecule has 3 aromatic rings. The number of nitrogens with one attached hydrogen (secondary N) is 1. The second kappa shape index (κ2) is 9.44. The van der Waals surface area contributed by atoms with Crippen LogP contribution >= 0.6 is 0 Å². The molecular weight excluding hydrogens is 460 g/mol. The molecule has 1 aliphatic rings. The van der Waals surface area contributed by atoms with Crippen LogP contribution in [0, 0.1) is 0 Å². The highest BCUT2D eigenvalue weighted by molar-refractivity contribution is 7.92. The summed E-state index contributed by atoms with van der Waals surface area (Å²) in [7, 11) is -1.22. The van der Waals surface area contributed by atoms with Gasteiger partial charge in [-0.25, -0.2) is 13.2 Å². The summed E-state index contributed by atoms with van der Waals surface area (Å²) in [6.45, 7) is -0.225. The zero-order valence-corrected chi connectivity index (χ0v) is 19.2. The van der Waals surface area contributed by atoms with E-state index in [1.807, 2.05) is 0 Å². The van der Waals surface area contributed by atoms with Crippen LogP contribution in [0.2, 0.25) is 0 Å². The normalized spacial score (nSPS) is 15.0. The van der Waals surface area contributed by atoms with Crippen molar-refractivity contribution in [2.75, 3.05) is 30.4 Å². The molecule has 0 aromatic heterocycles. The standard InChI is InChI=1S/C24H22N2O7S/c1-31-18-11-13-19(14-12-18)34(29,30)26-15-22(33-21-6-4-3-5-20(21)26)23(27)25-17-9-7-16(8-10-17)24(28)32-2/h3-14,22H,15H2,1-2H3,(H,25,27)/t22-/m0/s1. The van der Waals surface area contributed by atoms with Gasteiger partial charge >= 0.3 is 5.97 Å². The number of para-hydroxylation sites is 2. The quantitative estimate of drug-likeness (QED) is 0.538. The summed E-state index contributed by atoms with van der Waals surface area (Å²) in [6, 6.07) is 18.8. The number of benzene rings is 3. The van der Waals surface area contributed by atoms with E-state index in [0.29, 0.717) is 22.7 Å². The van der Waals surface area contributed by atoms with Gasteiger partial charge in [0.05, 0.1) is 36.9 Å². The van der Waals surface area contributed by atoms with Gasteiger partial charge in [-0.3, -0.25) is 9.10 Å². The maximum Gasteiger partial charge on any atom is 0.337 e. The number of amides is 1. The van der Waals surface area contributed by atoms with Gasteiger partial charge in [-0.05, 0) is 60.7 Å². The Morgan fingerprint density at radius 1 is 0.971 bits per heavy atom. The molecule has 1 aliphatic heterocycles. The van der Waals surface area contributed by atoms with Gasteiger partial charge in [-0.15, -0.1) is 0 Å². The minimum atomic E-state index is -3.99. The molecule has 176 valence electrons. The predicted octanol–water partition coefficient (Wildman–Crippen LogP) is 3.08. The lowest BCUT2D eigenvalue weighted by atomic mass is 10.2. The van der Waals surface area contributed by atoms with Crippen molar-refractivity contribution >= 4 is 33.3 Å². The average molecular weight is 483 g/mol. The van der Waals surface area contributed by atoms with Crippen LogP contribution in [0.1, 0.15) is 10.4 Å². The van der Waals surface area contributed by atoms with Crippen molar-refractivity contribution in [3.63, 3.8) is 0 Å². The summed E-state index contributed by atoms with van der Waals surface area (Å²) in [5, 5.41) is 2.70. The van der Waals surface area contributed by atoms with E-state index in [1.54, 1.807) is 48.5 Å². The highest BCUT2D eigenvalue weighted by Crippen LogP contribution is 2.37. The van der Waals surface area contributed by atoms with Crippen LogP contribution in [0.15, 0.2) is 77.7 Å². The molecule has 0 spiro atoms. The van der Waals surface area contributed by atoms with E-state index < -0.39 is 28.0 Å². The van der Waals surface area contributed by atoms with Gasteiger partial charge in [0.2, 0.25) is 0 Å². The number of anilines is 2. The van der Waals surface area contributed by atoms with Crippen LogP contribution in [-0.2, 0) is 19.6 Å². The molecule has 1 N–H and O–H groups in total. The molecule has 10 heteroatoms. The van der Waals surface area contributed by atoms with Gasteiger partial charge in [-0.2, -0.15) is 0 Å². The number of nitrogens with zero attached hydrogens (tertiary/aromatic N) is 1. The van der Waals surface area contributed by atoms with Crippen LogP contribution in [0.5, 0.6) is 11.5 Å². The molecule has 0 fully saturated rings. The Balaban J connectivity index is 1.59. The first kappa shape index (κ1) is 23.1. The largest absolute Gasteiger partial charge is 0.497 e. The van der Waals surface area contributed by atoms with E-state index in [2.05, 4.69) is 10.1 Å². The lowest BCUT2D eigenvalue weighted by Gasteiger charge is -2.34. The summed E-state index contributed by atoms with van der Waals surface area (Å²) >= 11 is 0. The molecule has 0 radical (unpaired) electrons. The maximum atomic E-state index is 13.5. The number of sulfonamides is 1. The summed E-state index contributed by atoms with van der Waals surface area (Å²) in [5.74, 6) is -0.233. The second-order valence-corrected chi connectivity index (χ2v) is 9.21. The first-order chi connectivity index (χ1) is 16.3. The Morgan fingerprint density at radius 3 is 2.29 bits per heavy atom. The number of methoxy groups -OCH3 is 2. The van der Waals surface area contributed by atoms with E-state index in [1.165, 1.54) is 38.5 Å². The third kappa shape index (κ3) is 4.53. The Labute approximate surface area is 196 Å². The molecule has 1 atom stereocenters. The van der Waals surface area contributed by atoms with Crippen molar-refractivity contribution in [2.24, 2.45) is 0 Å². The predicted molar refractivity (Wildman–Crippen MR) is 125 cm³/mol. The first-order valence-corrected chi connectivity index (χ1v) is 11.7. The summed E-state index contributed by atoms with van der Waals surface area (Å²) in [6.07, 6.45) is -1.11. The minimum absolute atomic E-state index is 0.0579. The van der Waals surface area contributed by atoms with Crippen LogP contribution < -0.4 is 19.1 Å². The smallest absolute Gasteiger partial charge is 0.337 e. The molecule has 1 amide bonds. The van der Waals surface area contributed by atoms with E-state index in [4.69, 9.17) is 9.47 Å². The SMILES string of the molecule is COC(=O)c1ccc(NC(=O)[C@@H]2CN(S(=O)(=O)c3ccc(OC)cc3)c3ccccc3O2)cc1. The van der Waals surface area contributed by atoms with Crippen LogP contribution in [-0.4, -0.2) is 47.2 Å². The topological polar surface area (TPSA) is 111 Å². The Hall–Kier alpha value is -4.05. The monoisotopic (exact) mass is 482 g/mol. The van der Waals surface area contributed by atoms with Crippen LogP contribution in [0.4, 0.5) is 11.4 Å². The van der Waals surface area contributed by atoms with Crippen molar-refractivity contribution in [3.05, 3.63) is 78.4 Å². The molecule has 0 saturated heterocycles. The maximum absolute atomic E-state index is 13.5. The molecule has 4 rings (SSSR count). The fourth-order valence-corrected chi connectivity index (χ4v) is 4.95. The van der Waals surface area contributed by atoms with Crippen molar-refractivity contribution in [3.8, 4) is 11.5 Å². The average Bonchev–Trinajstić information content (AvgIpc) is 2.87. The van der Waals surface area contributed by atoms with E-state index in [0.717, 1.165) is 4.31 Å². The number of carbonyl (C=O) groups excluding carboxylic acids is 2. The van der Waals surface area contributed by atoms with Crippen LogP contribution in [0.25, 0.3) is 0 Å². The molecule has 34 heavy (non-hydrogen) atoms. The van der Waals surface area contributed by atoms with Gasteiger partial charge < -0.3 is 19.5 Å². The summed E-state index contributed by atoms with van der Waals surface area (Å²) in [5.41, 5.74) is 1.09. The molecule has 3 aromatic carbocycles. The fourth-order valence-electron chi connectivity index (χ4n) is 3.47. The highest BCUT2D eigenvalue weighted by Gasteiger charge is 2.37. The molecule has 0 saturated carbocycles. The van der Waals surface area contributed by atoms with Gasteiger partial charge in [0.25, 0.3) is 15.9 Å². The summed E-state index contributed by atoms with van der Waals surface area (Å²) in [4.78, 5) is 24.6. The van der Waals surface area contributed by atoms with E-state index >= 15 is 0 Å². The zero-order chi connectivity index (χ0) is 24.3. The minimum Gasteiger partial charge on any atom is -0.497 e. The number of rotatable bonds is 6. The number of fused-ring (bicyclic) bond motifs is 1. The van der Waals surface area contributed by atoms with Crippen molar-refractivity contribution in [1.82, 2.24) is 0 Å². The Kier molecular flexibility index (Phi) is 6.42. The molecule has 0 aliphatic carbocycles. The third-order valence-electron chi connectivity index (χ3n) is 5.25. The number of hydrogen-bond donors (Lipinski definition) is 1. The van der Waals surface area contributed by atoms with Crippen LogP contribution in [0.3, 0.4) is 0 Å². The highest BCUT2D eigenvalue weighted by atomic mass is 32.2. The van der Waals surface area contributed by atoms with Gasteiger partial charge in [0.1, 0.15) is 11.5 Å². The van der Waals surface area contributed by atoms with Gasteiger partial charge in [0, 0.05) is 5.69 Å². The van der Waals surface area contributed by atoms with Crippen molar-refractivity contribution in [1.29, 1.82) is 0 Å². The summed E-state index contributed by atoms with van der Waals surface area (Å²) < 4.78 is 43.7. The molecule has 1 heterocycles. The lowest BCUT2D eigenvalue weighted by molar-refractivity contribution is -0.122. The Morgan fingerprint density at radius 2 is 1.65 bits per heavy atom. The molecular formula is C24H22N2O7S. The number of hydrogen-bond acceptors (Lipinski definition) is 7. The number of esters is 1. The van der Waals surface area contributed by atoms with E-state index in [9.17, 15) is 18.0 Å². The van der Waals surface area contributed by atoms with Gasteiger partial charge in [0.15, 0.2) is 6.10 Å². The second-order valence-electron chi connectivity index (χ2n) is 7.34. The molecule has 9 nitrogen and oxygen atoms in total. The first-order valence-electron chi connectivity index (χ1n) is 10.2. The number of carbonyl (C=O) groups is 2. The molecule has 0 bridgehead atoms.